The molecule has 0 saturated carbocycles. The van der Waals surface area contributed by atoms with E-state index in [0.717, 1.165) is 181 Å². The molecule has 0 saturated heterocycles. The average Bonchev–Trinajstić information content (AvgIpc) is 0.762. The average molecular weight is 1880 g/mol. The molecule has 44 rings (SSSR count). The molecule has 0 atom stereocenters. The van der Waals surface area contributed by atoms with Crippen LogP contribution < -0.4 is 16.7 Å². The highest BCUT2D eigenvalue weighted by Gasteiger charge is 2.20. The van der Waals surface area contributed by atoms with Crippen molar-refractivity contribution in [2.45, 2.75) is 0 Å². The van der Waals surface area contributed by atoms with Crippen molar-refractivity contribution in [3.05, 3.63) is 577 Å². The van der Waals surface area contributed by atoms with Crippen molar-refractivity contribution >= 4 is 130 Å². The number of aromatic nitrogens is 6. The van der Waals surface area contributed by atoms with Crippen LogP contribution in [0, 0.1) is 0 Å². The van der Waals surface area contributed by atoms with Crippen LogP contribution in [-0.2, 0) is 0 Å². The summed E-state index contributed by atoms with van der Waals surface area (Å²) in [5, 5.41) is 14.9. The molecule has 24 heterocycles. The van der Waals surface area contributed by atoms with Gasteiger partial charge in [0, 0.05) is 49.4 Å². The van der Waals surface area contributed by atoms with Crippen LogP contribution in [0.5, 0.6) is 0 Å². The third-order valence-electron chi connectivity index (χ3n) is 28.2. The van der Waals surface area contributed by atoms with Crippen molar-refractivity contribution in [3.63, 3.8) is 0 Å². The van der Waals surface area contributed by atoms with Crippen molar-refractivity contribution in [2.75, 3.05) is 0 Å². The molecule has 690 valence electrons. The van der Waals surface area contributed by atoms with Gasteiger partial charge in [0.2, 0.25) is 0 Å². The molecule has 0 aliphatic carbocycles. The van der Waals surface area contributed by atoms with Gasteiger partial charge in [-0.05, 0) is 329 Å². The first-order valence-corrected chi connectivity index (χ1v) is 49.5. The van der Waals surface area contributed by atoms with Crippen molar-refractivity contribution in [2.24, 2.45) is 0 Å². The quantitative estimate of drug-likeness (QED) is 0.121. The number of pyridine rings is 3. The summed E-state index contributed by atoms with van der Waals surface area (Å²) in [6, 6.07) is 181. The van der Waals surface area contributed by atoms with E-state index in [4.69, 9.17) is 15.0 Å². The van der Waals surface area contributed by atoms with Gasteiger partial charge in [0.25, 0.3) is 16.7 Å². The summed E-state index contributed by atoms with van der Waals surface area (Å²) in [6.07, 6.45) is 5.22. The second kappa shape index (κ2) is 38.7. The zero-order valence-electron chi connectivity index (χ0n) is 79.9. The first-order chi connectivity index (χ1) is 72.5. The molecule has 147 heavy (non-hydrogen) atoms. The Labute approximate surface area is 847 Å². The van der Waals surface area contributed by atoms with Crippen LogP contribution >= 0.6 is 0 Å². The van der Waals surface area contributed by atoms with E-state index in [2.05, 4.69) is 382 Å². The lowest BCUT2D eigenvalue weighted by Gasteiger charge is -2.14. The first-order valence-electron chi connectivity index (χ1n) is 49.5. The largest absolute Gasteiger partial charge is 0.275 e. The predicted octanol–water partition coefficient (Wildman–Crippen LogP) is 34.2. The molecule has 20 aromatic carbocycles. The van der Waals surface area contributed by atoms with Gasteiger partial charge < -0.3 is 0 Å². The fourth-order valence-corrected chi connectivity index (χ4v) is 20.8. The van der Waals surface area contributed by atoms with Crippen LogP contribution in [0.1, 0.15) is 0 Å². The highest BCUT2D eigenvalue weighted by atomic mass is 16.1. The van der Waals surface area contributed by atoms with E-state index in [1.54, 1.807) is 50.5 Å². The van der Waals surface area contributed by atoms with Gasteiger partial charge in [-0.25, -0.2) is 0 Å². The molecule has 0 fully saturated rings. The molecule has 0 spiro atoms. The second-order valence-electron chi connectivity index (χ2n) is 37.3. The molecule has 0 N–H and O–H groups in total. The van der Waals surface area contributed by atoms with Gasteiger partial charge in [0.05, 0.1) is 51.7 Å². The van der Waals surface area contributed by atoms with Gasteiger partial charge >= 0.3 is 0 Å². The summed E-state index contributed by atoms with van der Waals surface area (Å²) in [4.78, 5) is 69.4. The van der Waals surface area contributed by atoms with Crippen molar-refractivity contribution < 1.29 is 0 Å². The molecule has 0 amide bonds. The highest BCUT2D eigenvalue weighted by molar-refractivity contribution is 6.16. The van der Waals surface area contributed by atoms with Crippen LogP contribution in [0.25, 0.3) is 247 Å². The standard InChI is InChI=1S/C138H90N6O3/c145-136-118-82-119-84-120(83-118)138(147)144(123-45-27-42-105(87-123)114-77-110(95-36-15-5-16-37-95)72-111(78-114)96-38-17-6-18-39-96)126-66-69-135(141-90-126)102-62-56-99(57-63-102)129-48-21-24-51-132(129)117-80-115(130-49-22-19-46-127(130)97-52-58-100(59-53-97)133-67-64-124(88-139-133)142(136)121-43-25-40-103(85-121)112-73-106(91-28-7-1-8-29-91)70-107(74-112)92-30-9-2-10-31-92)79-116(81-117)131-50-23-20-47-128(131)98-54-60-101(61-55-98)134-68-65-125(89-140-134)143(137(119)146)122-44-26-41-104(86-122)113-75-108(93-32-11-3-12-33-93)71-109(76-113)94-34-13-4-14-35-94/h1-90H. The molecule has 9 heteroatoms. The predicted molar refractivity (Wildman–Crippen MR) is 615 cm³/mol. The SMILES string of the molecule is O=c1c2cc3cc(c2)c(=O)n(-c2cccc(-c4cc(-c5ccccc5)cc(-c5ccccc5)c4)c2)c2ccc(nc2)c2ccc(cc2)c2ccccc2c2cc(cc(c2)c2ccccc2c2ccc(cc2)c2ccc(cn2)n(-c2cccc(-c4cc(-c5ccccc5)cc(-c5ccccc5)c4)c2)c3=O)c2ccccc2c2ccc(cc2)c2ccc(cn2)n1-c1cccc(-c2cc(-c3ccccc3)cc(-c3ccccc3)c2)c1. The molecule has 0 radical (unpaired) electrons. The Morgan fingerprint density at radius 2 is 0.313 bits per heavy atom. The summed E-state index contributed by atoms with van der Waals surface area (Å²) in [6.45, 7) is 0. The zero-order chi connectivity index (χ0) is 98.2. The lowest BCUT2D eigenvalue weighted by Crippen LogP contribution is -2.21. The van der Waals surface area contributed by atoms with Gasteiger partial charge in [-0.15, -0.1) is 0 Å². The minimum absolute atomic E-state index is 0.00749. The maximum atomic E-state index is 17.8. The van der Waals surface area contributed by atoms with Gasteiger partial charge in [-0.1, -0.05) is 364 Å². The first kappa shape index (κ1) is 88.7. The monoisotopic (exact) mass is 1880 g/mol. The Kier molecular flexibility index (Phi) is 23.3. The summed E-state index contributed by atoms with van der Waals surface area (Å²) in [7, 11) is 0. The molecular weight excluding hydrogens is 1790 g/mol. The Morgan fingerprint density at radius 1 is 0.129 bits per heavy atom. The van der Waals surface area contributed by atoms with Crippen LogP contribution in [-0.4, -0.2) is 28.7 Å². The Balaban J connectivity index is 0.841. The number of hydrogen-bond acceptors (Lipinski definition) is 6. The van der Waals surface area contributed by atoms with E-state index in [0.29, 0.717) is 50.2 Å². The van der Waals surface area contributed by atoms with E-state index < -0.39 is 16.7 Å². The van der Waals surface area contributed by atoms with E-state index in [1.807, 2.05) is 127 Å². The van der Waals surface area contributed by atoms with E-state index in [9.17, 15) is 0 Å². The Morgan fingerprint density at radius 3 is 0.524 bits per heavy atom. The smallest absolute Gasteiger partial charge is 0.262 e. The summed E-state index contributed by atoms with van der Waals surface area (Å²) in [5.74, 6) is 0. The molecular formula is C138H90N6O3. The molecule has 0 unspecified atom stereocenters. The van der Waals surface area contributed by atoms with Crippen LogP contribution in [0.3, 0.4) is 0 Å². The van der Waals surface area contributed by atoms with Crippen LogP contribution in [0.15, 0.2) is 561 Å². The second-order valence-corrected chi connectivity index (χ2v) is 37.3. The maximum Gasteiger partial charge on any atom is 0.262 e. The lowest BCUT2D eigenvalue weighted by molar-refractivity contribution is 1.04. The van der Waals surface area contributed by atoms with Crippen LogP contribution in [0.4, 0.5) is 0 Å². The van der Waals surface area contributed by atoms with Crippen LogP contribution in [0.2, 0.25) is 0 Å². The lowest BCUT2D eigenvalue weighted by atomic mass is 9.93. The summed E-state index contributed by atoms with van der Waals surface area (Å²) in [5.41, 5.74) is 20.3. The fourth-order valence-electron chi connectivity index (χ4n) is 20.8. The maximum absolute atomic E-state index is 17.8. The fraction of sp³-hybridized carbons (Fsp3) is 0. The number of rotatable bonds is 12. The van der Waals surface area contributed by atoms with E-state index in [1.165, 1.54) is 0 Å². The molecule has 18 bridgehead atoms. The number of hydrogen-bond donors (Lipinski definition) is 0. The topological polar surface area (TPSA) is 105 Å². The molecule has 0 aliphatic rings. The Bertz CT molecular complexity index is 8950. The highest BCUT2D eigenvalue weighted by Crippen LogP contribution is 2.41. The third-order valence-corrected chi connectivity index (χ3v) is 28.2. The van der Waals surface area contributed by atoms with E-state index in [-0.39, 0.29) is 16.2 Å². The molecule has 24 aromatic heterocycles. The minimum Gasteiger partial charge on any atom is -0.275 e. The van der Waals surface area contributed by atoms with Crippen molar-refractivity contribution in [3.8, 4) is 117 Å². The minimum atomic E-state index is -0.573. The van der Waals surface area contributed by atoms with E-state index >= 15 is 14.4 Å². The van der Waals surface area contributed by atoms with Crippen molar-refractivity contribution in [1.29, 1.82) is 0 Å². The molecule has 9 nitrogen and oxygen atoms in total. The van der Waals surface area contributed by atoms with Gasteiger partial charge in [-0.3, -0.25) is 43.0 Å². The summed E-state index contributed by atoms with van der Waals surface area (Å²) < 4.78 is 4.96. The van der Waals surface area contributed by atoms with Gasteiger partial charge in [0.15, 0.2) is 0 Å². The Hall–Kier alpha value is -19.7. The van der Waals surface area contributed by atoms with Gasteiger partial charge in [-0.2, -0.15) is 0 Å². The molecule has 44 aromatic rings. The molecule has 0 aliphatic heterocycles. The number of nitrogens with zero attached hydrogens (tertiary/aromatic N) is 6. The zero-order valence-corrected chi connectivity index (χ0v) is 79.9. The van der Waals surface area contributed by atoms with Crippen molar-refractivity contribution in [1.82, 2.24) is 28.7 Å². The third kappa shape index (κ3) is 17.8. The summed E-state index contributed by atoms with van der Waals surface area (Å²) >= 11 is 0. The van der Waals surface area contributed by atoms with Gasteiger partial charge in [0.1, 0.15) is 0 Å². The normalized spacial score (nSPS) is 11.3. The number of benzene rings is 20.